The Kier molecular flexibility index (Phi) is 5.33. The Morgan fingerprint density at radius 2 is 1.62 bits per heavy atom. The van der Waals surface area contributed by atoms with Crippen LogP contribution in [-0.4, -0.2) is 19.1 Å². The monoisotopic (exact) mass is 221 g/mol. The minimum absolute atomic E-state index is 0.669. The average molecular weight is 221 g/mol. The molecule has 2 N–H and O–H groups in total. The summed E-state index contributed by atoms with van der Waals surface area (Å²) in [7, 11) is 0. The molecule has 0 atom stereocenters. The van der Waals surface area contributed by atoms with Crippen LogP contribution < -0.4 is 10.2 Å². The Labute approximate surface area is 99.7 Å². The molecule has 1 aromatic carbocycles. The smallest absolute Gasteiger partial charge is 0.101 e. The number of hydrogen-bond donors (Lipinski definition) is 1. The van der Waals surface area contributed by atoms with E-state index >= 15 is 0 Å². The van der Waals surface area contributed by atoms with E-state index in [-0.39, 0.29) is 0 Å². The van der Waals surface area contributed by atoms with Gasteiger partial charge in [-0.2, -0.15) is 0 Å². The van der Waals surface area contributed by atoms with Gasteiger partial charge in [0, 0.05) is 24.3 Å². The van der Waals surface area contributed by atoms with Crippen molar-refractivity contribution in [3.8, 4) is 0 Å². The van der Waals surface area contributed by atoms with Crippen molar-refractivity contribution in [3.05, 3.63) is 29.8 Å². The molecule has 0 bridgehead atoms. The van der Waals surface area contributed by atoms with Crippen molar-refractivity contribution in [1.29, 1.82) is 0 Å². The summed E-state index contributed by atoms with van der Waals surface area (Å²) in [6.07, 6.45) is 0. The van der Waals surface area contributed by atoms with Crippen LogP contribution in [0.15, 0.2) is 24.3 Å². The van der Waals surface area contributed by atoms with Gasteiger partial charge in [-0.25, -0.2) is 0 Å². The molecule has 2 nitrogen and oxygen atoms in total. The maximum atomic E-state index is 2.37. The minimum atomic E-state index is 0.669. The molecule has 1 aromatic rings. The summed E-state index contributed by atoms with van der Waals surface area (Å²) in [6.45, 7) is 12.1. The lowest BCUT2D eigenvalue weighted by atomic mass is 10.2. The Morgan fingerprint density at radius 1 is 1.06 bits per heavy atom. The van der Waals surface area contributed by atoms with Gasteiger partial charge in [0.2, 0.25) is 0 Å². The van der Waals surface area contributed by atoms with Gasteiger partial charge in [0.05, 0.1) is 6.04 Å². The third-order valence-corrected chi connectivity index (χ3v) is 2.89. The number of rotatable bonds is 6. The van der Waals surface area contributed by atoms with Crippen LogP contribution in [-0.2, 0) is 6.54 Å². The van der Waals surface area contributed by atoms with Crippen LogP contribution in [0, 0.1) is 0 Å². The van der Waals surface area contributed by atoms with E-state index in [0.717, 1.165) is 19.6 Å². The van der Waals surface area contributed by atoms with Crippen molar-refractivity contribution in [2.45, 2.75) is 40.3 Å². The number of anilines is 1. The Bertz CT molecular complexity index is 286. The summed E-state index contributed by atoms with van der Waals surface area (Å²) in [5, 5.41) is 2.35. The van der Waals surface area contributed by atoms with Crippen LogP contribution in [0.25, 0.3) is 0 Å². The van der Waals surface area contributed by atoms with Gasteiger partial charge >= 0.3 is 0 Å². The fourth-order valence-electron chi connectivity index (χ4n) is 1.80. The molecule has 0 aliphatic rings. The van der Waals surface area contributed by atoms with Crippen molar-refractivity contribution in [1.82, 2.24) is 0 Å². The van der Waals surface area contributed by atoms with E-state index in [9.17, 15) is 0 Å². The van der Waals surface area contributed by atoms with Crippen LogP contribution in [0.1, 0.15) is 33.3 Å². The lowest BCUT2D eigenvalue weighted by Crippen LogP contribution is -2.86. The molecular weight excluding hydrogens is 196 g/mol. The van der Waals surface area contributed by atoms with E-state index in [1.807, 2.05) is 0 Å². The van der Waals surface area contributed by atoms with Crippen LogP contribution in [0.2, 0.25) is 0 Å². The van der Waals surface area contributed by atoms with Gasteiger partial charge in [-0.05, 0) is 39.8 Å². The van der Waals surface area contributed by atoms with Crippen molar-refractivity contribution in [2.24, 2.45) is 0 Å². The van der Waals surface area contributed by atoms with Crippen LogP contribution >= 0.6 is 0 Å². The van der Waals surface area contributed by atoms with E-state index in [0.29, 0.717) is 6.04 Å². The molecule has 0 heterocycles. The molecule has 0 aliphatic carbocycles. The summed E-state index contributed by atoms with van der Waals surface area (Å²) in [5.41, 5.74) is 2.74. The van der Waals surface area contributed by atoms with Gasteiger partial charge in [-0.3, -0.25) is 0 Å². The SMILES string of the molecule is CCN(CC)c1ccc(C[NH2+]C(C)C)cc1. The molecule has 1 rings (SSSR count). The average Bonchev–Trinajstić information content (AvgIpc) is 2.29. The highest BCUT2D eigenvalue weighted by atomic mass is 15.1. The molecule has 0 aliphatic heterocycles. The molecule has 0 spiro atoms. The first-order valence-electron chi connectivity index (χ1n) is 6.34. The molecule has 90 valence electrons. The van der Waals surface area contributed by atoms with Gasteiger partial charge in [0.25, 0.3) is 0 Å². The second kappa shape index (κ2) is 6.54. The van der Waals surface area contributed by atoms with Crippen molar-refractivity contribution in [3.63, 3.8) is 0 Å². The second-order valence-electron chi connectivity index (χ2n) is 4.52. The largest absolute Gasteiger partial charge is 0.372 e. The van der Waals surface area contributed by atoms with Gasteiger partial charge in [0.15, 0.2) is 0 Å². The lowest BCUT2D eigenvalue weighted by Gasteiger charge is -2.21. The number of benzene rings is 1. The quantitative estimate of drug-likeness (QED) is 0.779. The first kappa shape index (κ1) is 13.0. The Morgan fingerprint density at radius 3 is 2.06 bits per heavy atom. The number of nitrogens with two attached hydrogens (primary N) is 1. The summed E-state index contributed by atoms with van der Waals surface area (Å²) < 4.78 is 0. The summed E-state index contributed by atoms with van der Waals surface area (Å²) in [4.78, 5) is 2.37. The third-order valence-electron chi connectivity index (χ3n) is 2.89. The topological polar surface area (TPSA) is 19.9 Å². The first-order valence-corrected chi connectivity index (χ1v) is 6.34. The summed E-state index contributed by atoms with van der Waals surface area (Å²) in [5.74, 6) is 0. The van der Waals surface area contributed by atoms with E-state index < -0.39 is 0 Å². The van der Waals surface area contributed by atoms with Gasteiger partial charge < -0.3 is 10.2 Å². The van der Waals surface area contributed by atoms with E-state index in [1.54, 1.807) is 0 Å². The predicted molar refractivity (Wildman–Crippen MR) is 70.8 cm³/mol. The number of hydrogen-bond acceptors (Lipinski definition) is 1. The molecule has 2 heteroatoms. The van der Waals surface area contributed by atoms with Crippen LogP contribution in [0.4, 0.5) is 5.69 Å². The lowest BCUT2D eigenvalue weighted by molar-refractivity contribution is -0.698. The normalized spacial score (nSPS) is 10.8. The molecule has 0 radical (unpaired) electrons. The number of quaternary nitrogens is 1. The van der Waals surface area contributed by atoms with Crippen molar-refractivity contribution >= 4 is 5.69 Å². The molecule has 0 saturated carbocycles. The zero-order valence-electron chi connectivity index (χ0n) is 11.0. The molecule has 0 aromatic heterocycles. The molecule has 0 fully saturated rings. The standard InChI is InChI=1S/C14H24N2/c1-5-16(6-2)14-9-7-13(8-10-14)11-15-12(3)4/h7-10,12,15H,5-6,11H2,1-4H3/p+1. The highest BCUT2D eigenvalue weighted by Gasteiger charge is 2.02. The molecule has 0 unspecified atom stereocenters. The third kappa shape index (κ3) is 3.86. The molecule has 0 amide bonds. The Hall–Kier alpha value is -1.02. The summed E-state index contributed by atoms with van der Waals surface area (Å²) >= 11 is 0. The first-order chi connectivity index (χ1) is 7.67. The van der Waals surface area contributed by atoms with Gasteiger partial charge in [0.1, 0.15) is 6.54 Å². The van der Waals surface area contributed by atoms with E-state index in [2.05, 4.69) is 62.2 Å². The van der Waals surface area contributed by atoms with E-state index in [1.165, 1.54) is 11.3 Å². The van der Waals surface area contributed by atoms with Gasteiger partial charge in [-0.15, -0.1) is 0 Å². The van der Waals surface area contributed by atoms with Crippen molar-refractivity contribution in [2.75, 3.05) is 18.0 Å². The maximum absolute atomic E-state index is 2.37. The predicted octanol–water partition coefficient (Wildman–Crippen LogP) is 2.00. The fourth-order valence-corrected chi connectivity index (χ4v) is 1.80. The van der Waals surface area contributed by atoms with E-state index in [4.69, 9.17) is 0 Å². The fraction of sp³-hybridized carbons (Fsp3) is 0.571. The molecule has 16 heavy (non-hydrogen) atoms. The zero-order valence-corrected chi connectivity index (χ0v) is 11.0. The Balaban J connectivity index is 2.60. The molecule has 0 saturated heterocycles. The van der Waals surface area contributed by atoms with Gasteiger partial charge in [-0.1, -0.05) is 12.1 Å². The minimum Gasteiger partial charge on any atom is -0.372 e. The summed E-state index contributed by atoms with van der Waals surface area (Å²) in [6, 6.07) is 9.62. The maximum Gasteiger partial charge on any atom is 0.101 e. The van der Waals surface area contributed by atoms with Crippen molar-refractivity contribution < 1.29 is 5.32 Å². The second-order valence-corrected chi connectivity index (χ2v) is 4.52. The molecular formula is C14H25N2+. The highest BCUT2D eigenvalue weighted by Crippen LogP contribution is 2.14. The number of nitrogens with zero attached hydrogens (tertiary/aromatic N) is 1. The zero-order chi connectivity index (χ0) is 12.0. The van der Waals surface area contributed by atoms with Crippen LogP contribution in [0.5, 0.6) is 0 Å². The highest BCUT2D eigenvalue weighted by molar-refractivity contribution is 5.47. The van der Waals surface area contributed by atoms with Crippen LogP contribution in [0.3, 0.4) is 0 Å².